The Labute approximate surface area is 197 Å². The molecule has 10 nitrogen and oxygen atoms in total. The van der Waals surface area contributed by atoms with Crippen LogP contribution in [0.3, 0.4) is 0 Å². The molecular formula is C24H29N7O3. The summed E-state index contributed by atoms with van der Waals surface area (Å²) >= 11 is 0. The van der Waals surface area contributed by atoms with E-state index >= 15 is 0 Å². The summed E-state index contributed by atoms with van der Waals surface area (Å²) in [5, 5.41) is 9.05. The number of fused-ring (bicyclic) bond motifs is 2. The van der Waals surface area contributed by atoms with Gasteiger partial charge in [0, 0.05) is 73.4 Å². The van der Waals surface area contributed by atoms with Gasteiger partial charge in [-0.05, 0) is 44.5 Å². The molecule has 5 rings (SSSR count). The second kappa shape index (κ2) is 8.28. The summed E-state index contributed by atoms with van der Waals surface area (Å²) in [5.41, 5.74) is 9.96. The molecule has 0 bridgehead atoms. The van der Waals surface area contributed by atoms with Crippen LogP contribution in [0.25, 0.3) is 10.9 Å². The third-order valence-corrected chi connectivity index (χ3v) is 6.42. The molecule has 3 atom stereocenters. The van der Waals surface area contributed by atoms with E-state index < -0.39 is 18.1 Å². The van der Waals surface area contributed by atoms with E-state index in [1.54, 1.807) is 10.9 Å². The number of aromatic nitrogens is 3. The Kier molecular flexibility index (Phi) is 5.40. The minimum atomic E-state index is -1.12. The van der Waals surface area contributed by atoms with Crippen molar-refractivity contribution in [1.82, 2.24) is 20.1 Å². The Morgan fingerprint density at radius 2 is 1.94 bits per heavy atom. The third-order valence-electron chi connectivity index (χ3n) is 6.42. The third kappa shape index (κ3) is 3.83. The molecule has 2 aliphatic heterocycles. The maximum Gasteiger partial charge on any atom is 0.398 e. The number of nitrogens with two attached hydrogens (primary N) is 1. The monoisotopic (exact) mass is 463 g/mol. The number of pyridine rings is 1. The number of ether oxygens (including phenoxy) is 1. The van der Waals surface area contributed by atoms with E-state index in [9.17, 15) is 9.59 Å². The van der Waals surface area contributed by atoms with Crippen LogP contribution in [0.4, 0.5) is 17.2 Å². The van der Waals surface area contributed by atoms with Gasteiger partial charge in [-0.25, -0.2) is 9.78 Å². The first-order valence-corrected chi connectivity index (χ1v) is 11.4. The van der Waals surface area contributed by atoms with Crippen molar-refractivity contribution in [3.63, 3.8) is 0 Å². The second-order valence-corrected chi connectivity index (χ2v) is 9.31. The first kappa shape index (κ1) is 22.1. The number of rotatable bonds is 3. The molecular weight excluding hydrogens is 434 g/mol. The molecule has 0 radical (unpaired) electrons. The number of carbonyl (C=O) groups is 2. The zero-order chi connectivity index (χ0) is 24.1. The maximum absolute atomic E-state index is 12.2. The fraction of sp³-hybridized carbons (Fsp3) is 0.417. The van der Waals surface area contributed by atoms with Gasteiger partial charge in [0.05, 0.1) is 5.52 Å². The zero-order valence-electron chi connectivity index (χ0n) is 19.8. The highest BCUT2D eigenvalue weighted by molar-refractivity contribution is 6.31. The minimum Gasteiger partial charge on any atom is -0.434 e. The number of carbonyl (C=O) groups excluding carboxylic acids is 2. The summed E-state index contributed by atoms with van der Waals surface area (Å²) in [6, 6.07) is 6.68. The molecule has 1 unspecified atom stereocenters. The van der Waals surface area contributed by atoms with Crippen molar-refractivity contribution in [3.8, 4) is 0 Å². The van der Waals surface area contributed by atoms with Crippen LogP contribution in [0.5, 0.6) is 0 Å². The Bertz CT molecular complexity index is 1280. The fourth-order valence-electron chi connectivity index (χ4n) is 5.21. The van der Waals surface area contributed by atoms with Gasteiger partial charge < -0.3 is 20.7 Å². The molecule has 34 heavy (non-hydrogen) atoms. The van der Waals surface area contributed by atoms with Crippen molar-refractivity contribution >= 4 is 40.0 Å². The van der Waals surface area contributed by atoms with Gasteiger partial charge in [0.15, 0.2) is 6.23 Å². The number of amides is 1. The van der Waals surface area contributed by atoms with Crippen molar-refractivity contribution < 1.29 is 14.3 Å². The van der Waals surface area contributed by atoms with E-state index in [4.69, 9.17) is 10.5 Å². The standard InChI is InChI=1S/C24H29N7O3/c1-13-7-17(8-16-12-29(4)28-21(13)16)31-20(34-24(33)22(25)32)9-18-19(5-6-26-23(18)31)30-10-14(2)27-15(3)11-30/h5-8,12,14-15,20,27H,9-11H2,1-4H3,(H2,25,32)/t14-,15+,20?. The highest BCUT2D eigenvalue weighted by atomic mass is 16.6. The summed E-state index contributed by atoms with van der Waals surface area (Å²) < 4.78 is 7.36. The van der Waals surface area contributed by atoms with Crippen molar-refractivity contribution in [2.45, 2.75) is 45.5 Å². The van der Waals surface area contributed by atoms with Gasteiger partial charge in [-0.2, -0.15) is 5.10 Å². The summed E-state index contributed by atoms with van der Waals surface area (Å²) in [4.78, 5) is 32.6. The summed E-state index contributed by atoms with van der Waals surface area (Å²) in [5.74, 6) is -1.47. The quantitative estimate of drug-likeness (QED) is 0.443. The predicted molar refractivity (Wildman–Crippen MR) is 129 cm³/mol. The Morgan fingerprint density at radius 1 is 1.21 bits per heavy atom. The van der Waals surface area contributed by atoms with E-state index in [2.05, 4.69) is 34.1 Å². The van der Waals surface area contributed by atoms with E-state index in [-0.39, 0.29) is 0 Å². The average molecular weight is 464 g/mol. The summed E-state index contributed by atoms with van der Waals surface area (Å²) in [6.07, 6.45) is 3.39. The molecule has 3 N–H and O–H groups in total. The highest BCUT2D eigenvalue weighted by Gasteiger charge is 2.38. The lowest BCUT2D eigenvalue weighted by Gasteiger charge is -2.38. The molecule has 2 aliphatic rings. The molecule has 2 aromatic heterocycles. The highest BCUT2D eigenvalue weighted by Crippen LogP contribution is 2.43. The van der Waals surface area contributed by atoms with E-state index in [1.165, 1.54) is 0 Å². The first-order chi connectivity index (χ1) is 16.2. The second-order valence-electron chi connectivity index (χ2n) is 9.31. The number of hydrogen-bond donors (Lipinski definition) is 2. The van der Waals surface area contributed by atoms with E-state index in [0.717, 1.165) is 46.5 Å². The van der Waals surface area contributed by atoms with Crippen LogP contribution in [0.2, 0.25) is 0 Å². The number of piperazine rings is 1. The molecule has 1 fully saturated rings. The molecule has 3 aromatic rings. The topological polar surface area (TPSA) is 119 Å². The Balaban J connectivity index is 1.61. The number of nitrogens with one attached hydrogen (secondary N) is 1. The van der Waals surface area contributed by atoms with Crippen molar-refractivity contribution in [2.75, 3.05) is 22.9 Å². The van der Waals surface area contributed by atoms with E-state index in [0.29, 0.717) is 24.3 Å². The van der Waals surface area contributed by atoms with Crippen LogP contribution in [0.1, 0.15) is 25.0 Å². The molecule has 1 saturated heterocycles. The Morgan fingerprint density at radius 3 is 2.65 bits per heavy atom. The van der Waals surface area contributed by atoms with Crippen LogP contribution in [-0.4, -0.2) is 58.0 Å². The SMILES string of the molecule is Cc1cc(N2c3nccc(N4C[C@@H](C)N[C@@H](C)C4)c3CC2OC(=O)C(N)=O)cc2cn(C)nc12. The van der Waals surface area contributed by atoms with Gasteiger partial charge in [-0.3, -0.25) is 14.4 Å². The number of aryl methyl sites for hydroxylation is 2. The van der Waals surface area contributed by atoms with Crippen molar-refractivity contribution in [3.05, 3.63) is 41.7 Å². The number of benzene rings is 1. The smallest absolute Gasteiger partial charge is 0.398 e. The van der Waals surface area contributed by atoms with Crippen molar-refractivity contribution in [1.29, 1.82) is 0 Å². The molecule has 4 heterocycles. The molecule has 10 heteroatoms. The molecule has 178 valence electrons. The normalized spacial score (nSPS) is 22.2. The maximum atomic E-state index is 12.2. The van der Waals surface area contributed by atoms with Crippen LogP contribution >= 0.6 is 0 Å². The van der Waals surface area contributed by atoms with E-state index in [1.807, 2.05) is 43.3 Å². The lowest BCUT2D eigenvalue weighted by molar-refractivity contribution is -0.157. The number of anilines is 3. The number of esters is 1. The van der Waals surface area contributed by atoms with Gasteiger partial charge in [0.1, 0.15) is 5.82 Å². The average Bonchev–Trinajstić information content (AvgIpc) is 3.32. The van der Waals surface area contributed by atoms with Crippen LogP contribution in [-0.2, 0) is 27.8 Å². The van der Waals surface area contributed by atoms with Crippen molar-refractivity contribution in [2.24, 2.45) is 12.8 Å². The largest absolute Gasteiger partial charge is 0.434 e. The van der Waals surface area contributed by atoms with Gasteiger partial charge in [0.25, 0.3) is 0 Å². The first-order valence-electron chi connectivity index (χ1n) is 11.4. The van der Waals surface area contributed by atoms with Gasteiger partial charge >= 0.3 is 11.9 Å². The predicted octanol–water partition coefficient (Wildman–Crippen LogP) is 1.51. The molecule has 0 spiro atoms. The molecule has 0 saturated carbocycles. The number of primary amides is 1. The lowest BCUT2D eigenvalue weighted by atomic mass is 10.1. The minimum absolute atomic E-state index is 0.337. The Hall–Kier alpha value is -3.66. The fourth-order valence-corrected chi connectivity index (χ4v) is 5.21. The molecule has 1 aromatic carbocycles. The molecule has 0 aliphatic carbocycles. The van der Waals surface area contributed by atoms with Crippen LogP contribution in [0.15, 0.2) is 30.6 Å². The van der Waals surface area contributed by atoms with Crippen LogP contribution in [0, 0.1) is 6.92 Å². The zero-order valence-corrected chi connectivity index (χ0v) is 19.8. The van der Waals surface area contributed by atoms with Gasteiger partial charge in [0.2, 0.25) is 0 Å². The number of nitrogens with zero attached hydrogens (tertiary/aromatic N) is 5. The van der Waals surface area contributed by atoms with Crippen LogP contribution < -0.4 is 20.9 Å². The van der Waals surface area contributed by atoms with Gasteiger partial charge in [-0.15, -0.1) is 0 Å². The number of hydrogen-bond acceptors (Lipinski definition) is 8. The lowest BCUT2D eigenvalue weighted by Crippen LogP contribution is -2.54. The summed E-state index contributed by atoms with van der Waals surface area (Å²) in [6.45, 7) is 8.04. The van der Waals surface area contributed by atoms with Gasteiger partial charge in [-0.1, -0.05) is 0 Å². The summed E-state index contributed by atoms with van der Waals surface area (Å²) in [7, 11) is 1.88. The molecule has 1 amide bonds.